The van der Waals surface area contributed by atoms with Crippen LogP contribution in [0, 0.1) is 6.92 Å². The minimum Gasteiger partial charge on any atom is -0.349 e. The van der Waals surface area contributed by atoms with Crippen LogP contribution in [-0.4, -0.2) is 36.0 Å². The largest absolute Gasteiger partial charge is 0.349 e. The van der Waals surface area contributed by atoms with Crippen molar-refractivity contribution in [2.75, 3.05) is 13.1 Å². The van der Waals surface area contributed by atoms with Crippen LogP contribution in [0.15, 0.2) is 22.7 Å². The fourth-order valence-electron chi connectivity index (χ4n) is 3.41. The third-order valence-corrected chi connectivity index (χ3v) is 5.47. The highest BCUT2D eigenvalue weighted by atomic mass is 79.9. The molecule has 20 heavy (non-hydrogen) atoms. The molecule has 1 amide bonds. The van der Waals surface area contributed by atoms with Crippen LogP contribution in [0.1, 0.15) is 41.6 Å². The van der Waals surface area contributed by atoms with Gasteiger partial charge in [0.05, 0.1) is 0 Å². The normalized spacial score (nSPS) is 26.3. The van der Waals surface area contributed by atoms with Gasteiger partial charge in [-0.15, -0.1) is 0 Å². The minimum atomic E-state index is 0.0667. The van der Waals surface area contributed by atoms with Crippen LogP contribution in [-0.2, 0) is 0 Å². The number of hydrogen-bond acceptors (Lipinski definition) is 2. The molecule has 0 bridgehead atoms. The SMILES string of the molecule is Cc1cc(C(=O)NC2CCN3CCCC3C2)ccc1Br. The summed E-state index contributed by atoms with van der Waals surface area (Å²) < 4.78 is 1.05. The van der Waals surface area contributed by atoms with Gasteiger partial charge in [0.15, 0.2) is 0 Å². The highest BCUT2D eigenvalue weighted by Gasteiger charge is 2.32. The fraction of sp³-hybridized carbons (Fsp3) is 0.562. The molecule has 2 atom stereocenters. The molecule has 1 aromatic carbocycles. The maximum absolute atomic E-state index is 12.3. The highest BCUT2D eigenvalue weighted by molar-refractivity contribution is 9.10. The van der Waals surface area contributed by atoms with Crippen molar-refractivity contribution >= 4 is 21.8 Å². The molecule has 108 valence electrons. The second-order valence-corrected chi connectivity index (χ2v) is 6.85. The molecule has 2 fully saturated rings. The number of aryl methyl sites for hydroxylation is 1. The first-order valence-electron chi connectivity index (χ1n) is 7.44. The third kappa shape index (κ3) is 2.91. The van der Waals surface area contributed by atoms with Crippen molar-refractivity contribution in [2.24, 2.45) is 0 Å². The van der Waals surface area contributed by atoms with Crippen molar-refractivity contribution in [1.29, 1.82) is 0 Å². The number of carbonyl (C=O) groups is 1. The van der Waals surface area contributed by atoms with E-state index in [1.165, 1.54) is 19.4 Å². The van der Waals surface area contributed by atoms with Crippen molar-refractivity contribution < 1.29 is 4.79 Å². The number of nitrogens with zero attached hydrogens (tertiary/aromatic N) is 1. The monoisotopic (exact) mass is 336 g/mol. The van der Waals surface area contributed by atoms with Crippen LogP contribution < -0.4 is 5.32 Å². The van der Waals surface area contributed by atoms with Gasteiger partial charge in [0.1, 0.15) is 0 Å². The van der Waals surface area contributed by atoms with Gasteiger partial charge in [-0.2, -0.15) is 0 Å². The van der Waals surface area contributed by atoms with Gasteiger partial charge in [0, 0.05) is 28.7 Å². The van der Waals surface area contributed by atoms with E-state index in [9.17, 15) is 4.79 Å². The first-order valence-corrected chi connectivity index (χ1v) is 8.24. The molecule has 0 spiro atoms. The van der Waals surface area contributed by atoms with Gasteiger partial charge < -0.3 is 10.2 Å². The summed E-state index contributed by atoms with van der Waals surface area (Å²) in [7, 11) is 0. The summed E-state index contributed by atoms with van der Waals surface area (Å²) in [5, 5.41) is 3.21. The number of hydrogen-bond donors (Lipinski definition) is 1. The van der Waals surface area contributed by atoms with E-state index in [1.807, 2.05) is 25.1 Å². The Morgan fingerprint density at radius 2 is 2.20 bits per heavy atom. The fourth-order valence-corrected chi connectivity index (χ4v) is 3.66. The van der Waals surface area contributed by atoms with Gasteiger partial charge >= 0.3 is 0 Å². The number of amides is 1. The number of nitrogens with one attached hydrogen (secondary N) is 1. The molecule has 2 heterocycles. The van der Waals surface area contributed by atoms with Gasteiger partial charge in [-0.1, -0.05) is 15.9 Å². The summed E-state index contributed by atoms with van der Waals surface area (Å²) in [5.74, 6) is 0.0667. The van der Waals surface area contributed by atoms with Crippen LogP contribution in [0.5, 0.6) is 0 Å². The van der Waals surface area contributed by atoms with Gasteiger partial charge in [0.25, 0.3) is 5.91 Å². The van der Waals surface area contributed by atoms with Gasteiger partial charge in [0.2, 0.25) is 0 Å². The van der Waals surface area contributed by atoms with E-state index in [1.54, 1.807) is 0 Å². The molecule has 4 heteroatoms. The smallest absolute Gasteiger partial charge is 0.251 e. The topological polar surface area (TPSA) is 32.3 Å². The second kappa shape index (κ2) is 5.86. The van der Waals surface area contributed by atoms with Gasteiger partial charge in [-0.25, -0.2) is 0 Å². The summed E-state index contributed by atoms with van der Waals surface area (Å²) in [4.78, 5) is 14.9. The van der Waals surface area contributed by atoms with E-state index in [2.05, 4.69) is 26.1 Å². The van der Waals surface area contributed by atoms with Crippen LogP contribution in [0.4, 0.5) is 0 Å². The number of rotatable bonds is 2. The Kier molecular flexibility index (Phi) is 4.13. The molecule has 1 aromatic rings. The summed E-state index contributed by atoms with van der Waals surface area (Å²) in [5.41, 5.74) is 1.86. The molecule has 2 saturated heterocycles. The average Bonchev–Trinajstić information content (AvgIpc) is 2.89. The lowest BCUT2D eigenvalue weighted by molar-refractivity contribution is 0.0896. The van der Waals surface area contributed by atoms with Crippen molar-refractivity contribution in [3.63, 3.8) is 0 Å². The quantitative estimate of drug-likeness (QED) is 0.899. The zero-order chi connectivity index (χ0) is 14.1. The Labute approximate surface area is 128 Å². The zero-order valence-electron chi connectivity index (χ0n) is 11.9. The molecule has 0 radical (unpaired) electrons. The molecular formula is C16H21BrN2O. The standard InChI is InChI=1S/C16H21BrN2O/c1-11-9-12(4-5-15(11)17)16(20)18-13-6-8-19-7-2-3-14(19)10-13/h4-5,9,13-14H,2-3,6-8,10H2,1H3,(H,18,20). The third-order valence-electron chi connectivity index (χ3n) is 4.58. The summed E-state index contributed by atoms with van der Waals surface area (Å²) >= 11 is 3.47. The minimum absolute atomic E-state index is 0.0667. The first kappa shape index (κ1) is 14.1. The second-order valence-electron chi connectivity index (χ2n) is 5.99. The lowest BCUT2D eigenvalue weighted by Gasteiger charge is -2.35. The molecule has 2 aliphatic rings. The predicted molar refractivity (Wildman–Crippen MR) is 84.0 cm³/mol. The molecule has 0 aromatic heterocycles. The number of piperidine rings is 1. The molecule has 3 rings (SSSR count). The maximum Gasteiger partial charge on any atom is 0.251 e. The van der Waals surface area contributed by atoms with Crippen molar-refractivity contribution in [1.82, 2.24) is 10.2 Å². The molecule has 2 aliphatic heterocycles. The van der Waals surface area contributed by atoms with E-state index in [4.69, 9.17) is 0 Å². The number of halogens is 1. The molecular weight excluding hydrogens is 316 g/mol. The molecule has 0 saturated carbocycles. The lowest BCUT2D eigenvalue weighted by atomic mass is 9.97. The van der Waals surface area contributed by atoms with Gasteiger partial charge in [-0.05, 0) is 62.9 Å². The van der Waals surface area contributed by atoms with Crippen LogP contribution >= 0.6 is 15.9 Å². The Balaban J connectivity index is 1.62. The van der Waals surface area contributed by atoms with Crippen molar-refractivity contribution in [3.05, 3.63) is 33.8 Å². The average molecular weight is 337 g/mol. The summed E-state index contributed by atoms with van der Waals surface area (Å²) in [6.07, 6.45) is 4.81. The van der Waals surface area contributed by atoms with E-state index in [0.29, 0.717) is 12.1 Å². The van der Waals surface area contributed by atoms with Crippen molar-refractivity contribution in [2.45, 2.75) is 44.7 Å². The zero-order valence-corrected chi connectivity index (χ0v) is 13.4. The Hall–Kier alpha value is -0.870. The molecule has 2 unspecified atom stereocenters. The maximum atomic E-state index is 12.3. The van der Waals surface area contributed by atoms with Crippen LogP contribution in [0.2, 0.25) is 0 Å². The number of benzene rings is 1. The molecule has 3 nitrogen and oxygen atoms in total. The predicted octanol–water partition coefficient (Wildman–Crippen LogP) is 3.11. The van der Waals surface area contributed by atoms with Gasteiger partial charge in [-0.3, -0.25) is 4.79 Å². The van der Waals surface area contributed by atoms with Crippen LogP contribution in [0.25, 0.3) is 0 Å². The molecule has 1 N–H and O–H groups in total. The van der Waals surface area contributed by atoms with E-state index >= 15 is 0 Å². The highest BCUT2D eigenvalue weighted by Crippen LogP contribution is 2.27. The Morgan fingerprint density at radius 3 is 3.00 bits per heavy atom. The lowest BCUT2D eigenvalue weighted by Crippen LogP contribution is -2.47. The Morgan fingerprint density at radius 1 is 1.35 bits per heavy atom. The van der Waals surface area contributed by atoms with Crippen LogP contribution in [0.3, 0.4) is 0 Å². The van der Waals surface area contributed by atoms with E-state index in [-0.39, 0.29) is 5.91 Å². The van der Waals surface area contributed by atoms with E-state index in [0.717, 1.165) is 35.0 Å². The first-order chi connectivity index (χ1) is 9.63. The summed E-state index contributed by atoms with van der Waals surface area (Å²) in [6.45, 7) is 4.39. The summed E-state index contributed by atoms with van der Waals surface area (Å²) in [6, 6.07) is 6.82. The van der Waals surface area contributed by atoms with Crippen molar-refractivity contribution in [3.8, 4) is 0 Å². The number of carbonyl (C=O) groups excluding carboxylic acids is 1. The van der Waals surface area contributed by atoms with E-state index < -0.39 is 0 Å². The number of fused-ring (bicyclic) bond motifs is 1. The Bertz CT molecular complexity index is 517. The molecule has 0 aliphatic carbocycles.